The van der Waals surface area contributed by atoms with Gasteiger partial charge in [-0.25, -0.2) is 0 Å². The van der Waals surface area contributed by atoms with Crippen LogP contribution in [0.2, 0.25) is 0 Å². The number of nitrogens with zero attached hydrogens (tertiary/aromatic N) is 1. The molecule has 0 aliphatic heterocycles. The maximum Gasteiger partial charge on any atom is 0.282 e. The van der Waals surface area contributed by atoms with Crippen LogP contribution < -0.4 is 5.32 Å². The maximum atomic E-state index is 10.8. The number of nitro benzene ring substituents is 1. The first kappa shape index (κ1) is 14.0. The van der Waals surface area contributed by atoms with Gasteiger partial charge in [-0.15, -0.1) is 11.8 Å². The molecule has 0 aliphatic carbocycles. The van der Waals surface area contributed by atoms with Gasteiger partial charge in [0.15, 0.2) is 0 Å². The number of nitrogens with one attached hydrogen (secondary N) is 1. The molecule has 1 atom stereocenters. The van der Waals surface area contributed by atoms with Crippen molar-refractivity contribution >= 4 is 17.4 Å². The van der Waals surface area contributed by atoms with Gasteiger partial charge in [0.1, 0.15) is 0 Å². The molecule has 1 aromatic rings. The van der Waals surface area contributed by atoms with E-state index in [4.69, 9.17) is 0 Å². The second kappa shape index (κ2) is 7.29. The molecule has 5 heteroatoms. The fraction of sp³-hybridized carbons (Fsp3) is 0.500. The molecule has 1 N–H and O–H groups in total. The highest BCUT2D eigenvalue weighted by atomic mass is 32.2. The normalized spacial score (nSPS) is 12.4. The van der Waals surface area contributed by atoms with Gasteiger partial charge in [0, 0.05) is 12.1 Å². The number of para-hydroxylation sites is 1. The van der Waals surface area contributed by atoms with E-state index in [9.17, 15) is 10.1 Å². The van der Waals surface area contributed by atoms with Crippen LogP contribution in [-0.2, 0) is 0 Å². The number of benzene rings is 1. The Bertz CT molecular complexity index is 371. The lowest BCUT2D eigenvalue weighted by molar-refractivity contribution is -0.387. The molecular formula is C12H18N2O2S. The second-order valence-corrected chi connectivity index (χ2v) is 5.04. The minimum Gasteiger partial charge on any atom is -0.317 e. The number of hydrogen-bond acceptors (Lipinski definition) is 4. The molecule has 0 bridgehead atoms. The lowest BCUT2D eigenvalue weighted by atomic mass is 10.2. The van der Waals surface area contributed by atoms with E-state index in [2.05, 4.69) is 12.2 Å². The minimum atomic E-state index is -0.321. The molecule has 4 nitrogen and oxygen atoms in total. The van der Waals surface area contributed by atoms with E-state index in [1.54, 1.807) is 23.9 Å². The first-order chi connectivity index (χ1) is 8.15. The first-order valence-corrected chi connectivity index (χ1v) is 6.67. The lowest BCUT2D eigenvalue weighted by Gasteiger charge is -2.09. The van der Waals surface area contributed by atoms with Gasteiger partial charge < -0.3 is 5.32 Å². The van der Waals surface area contributed by atoms with Crippen LogP contribution >= 0.6 is 11.8 Å². The summed E-state index contributed by atoms with van der Waals surface area (Å²) in [5.74, 6) is 0.914. The van der Waals surface area contributed by atoms with Crippen molar-refractivity contribution in [1.82, 2.24) is 5.32 Å². The standard InChI is InChI=1S/C12H18N2O2S/c1-10(13-2)6-5-9-17-12-8-4-3-7-11(12)14(15)16/h3-4,7-8,10,13H,5-6,9H2,1-2H3. The van der Waals surface area contributed by atoms with Crippen LogP contribution in [0.1, 0.15) is 19.8 Å². The summed E-state index contributed by atoms with van der Waals surface area (Å²) in [7, 11) is 1.94. The third-order valence-electron chi connectivity index (χ3n) is 2.59. The molecule has 17 heavy (non-hydrogen) atoms. The largest absolute Gasteiger partial charge is 0.317 e. The van der Waals surface area contributed by atoms with Crippen molar-refractivity contribution in [3.8, 4) is 0 Å². The summed E-state index contributed by atoms with van der Waals surface area (Å²) in [6.07, 6.45) is 2.14. The third kappa shape index (κ3) is 4.75. The zero-order valence-corrected chi connectivity index (χ0v) is 11.0. The monoisotopic (exact) mass is 254 g/mol. The van der Waals surface area contributed by atoms with Crippen molar-refractivity contribution in [2.45, 2.75) is 30.7 Å². The average molecular weight is 254 g/mol. The summed E-state index contributed by atoms with van der Waals surface area (Å²) >= 11 is 1.56. The molecule has 0 radical (unpaired) electrons. The zero-order valence-electron chi connectivity index (χ0n) is 10.2. The Morgan fingerprint density at radius 2 is 2.18 bits per heavy atom. The molecule has 0 saturated heterocycles. The van der Waals surface area contributed by atoms with E-state index < -0.39 is 0 Å². The van der Waals surface area contributed by atoms with Crippen LogP contribution in [-0.4, -0.2) is 23.8 Å². The maximum absolute atomic E-state index is 10.8. The predicted octanol–water partition coefficient (Wildman–Crippen LogP) is 3.08. The Morgan fingerprint density at radius 1 is 1.47 bits per heavy atom. The van der Waals surface area contributed by atoms with Crippen LogP contribution in [0.3, 0.4) is 0 Å². The highest BCUT2D eigenvalue weighted by molar-refractivity contribution is 7.99. The van der Waals surface area contributed by atoms with Crippen molar-refractivity contribution in [2.24, 2.45) is 0 Å². The van der Waals surface area contributed by atoms with E-state index in [1.165, 1.54) is 0 Å². The molecule has 1 unspecified atom stereocenters. The molecule has 0 heterocycles. The molecular weight excluding hydrogens is 236 g/mol. The summed E-state index contributed by atoms with van der Waals surface area (Å²) < 4.78 is 0. The van der Waals surface area contributed by atoms with Crippen molar-refractivity contribution in [1.29, 1.82) is 0 Å². The lowest BCUT2D eigenvalue weighted by Crippen LogP contribution is -2.20. The molecule has 0 saturated carbocycles. The van der Waals surface area contributed by atoms with E-state index in [0.717, 1.165) is 23.5 Å². The van der Waals surface area contributed by atoms with Gasteiger partial charge >= 0.3 is 0 Å². The fourth-order valence-electron chi connectivity index (χ4n) is 1.45. The number of hydrogen-bond donors (Lipinski definition) is 1. The molecule has 0 spiro atoms. The number of rotatable bonds is 7. The minimum absolute atomic E-state index is 0.208. The van der Waals surface area contributed by atoms with Crippen molar-refractivity contribution < 1.29 is 4.92 Å². The summed E-state index contributed by atoms with van der Waals surface area (Å²) in [5, 5.41) is 14.0. The second-order valence-electron chi connectivity index (χ2n) is 3.91. The Kier molecular flexibility index (Phi) is 6.00. The molecule has 0 aromatic heterocycles. The van der Waals surface area contributed by atoms with Gasteiger partial charge in [-0.05, 0) is 38.6 Å². The van der Waals surface area contributed by atoms with Crippen LogP contribution in [0.5, 0.6) is 0 Å². The van der Waals surface area contributed by atoms with E-state index in [0.29, 0.717) is 6.04 Å². The van der Waals surface area contributed by atoms with Gasteiger partial charge in [0.25, 0.3) is 5.69 Å². The Morgan fingerprint density at radius 3 is 2.82 bits per heavy atom. The van der Waals surface area contributed by atoms with Crippen molar-refractivity contribution in [2.75, 3.05) is 12.8 Å². The van der Waals surface area contributed by atoms with Crippen LogP contribution in [0, 0.1) is 10.1 Å². The predicted molar refractivity (Wildman–Crippen MR) is 71.6 cm³/mol. The van der Waals surface area contributed by atoms with Crippen LogP contribution in [0.4, 0.5) is 5.69 Å². The van der Waals surface area contributed by atoms with Crippen LogP contribution in [0.25, 0.3) is 0 Å². The SMILES string of the molecule is CNC(C)CCCSc1ccccc1[N+](=O)[O-]. The number of thioether (sulfide) groups is 1. The van der Waals surface area contributed by atoms with E-state index in [1.807, 2.05) is 19.2 Å². The summed E-state index contributed by atoms with van der Waals surface area (Å²) in [4.78, 5) is 11.2. The van der Waals surface area contributed by atoms with Crippen LogP contribution in [0.15, 0.2) is 29.2 Å². The van der Waals surface area contributed by atoms with Crippen molar-refractivity contribution in [3.05, 3.63) is 34.4 Å². The Labute approximate surface area is 106 Å². The van der Waals surface area contributed by atoms with Gasteiger partial charge in [-0.1, -0.05) is 12.1 Å². The molecule has 1 rings (SSSR count). The molecule has 0 fully saturated rings. The molecule has 0 amide bonds. The topological polar surface area (TPSA) is 55.2 Å². The fourth-order valence-corrected chi connectivity index (χ4v) is 2.44. The third-order valence-corrected chi connectivity index (χ3v) is 3.74. The molecule has 1 aromatic carbocycles. The summed E-state index contributed by atoms with van der Waals surface area (Å²) in [5.41, 5.74) is 0.208. The summed E-state index contributed by atoms with van der Waals surface area (Å²) in [6, 6.07) is 7.40. The van der Waals surface area contributed by atoms with Crippen molar-refractivity contribution in [3.63, 3.8) is 0 Å². The highest BCUT2D eigenvalue weighted by Crippen LogP contribution is 2.29. The highest BCUT2D eigenvalue weighted by Gasteiger charge is 2.12. The quantitative estimate of drug-likeness (QED) is 0.351. The Hall–Kier alpha value is -1.07. The number of nitro groups is 1. The van der Waals surface area contributed by atoms with Gasteiger partial charge in [-0.3, -0.25) is 10.1 Å². The van der Waals surface area contributed by atoms with Gasteiger partial charge in [-0.2, -0.15) is 0 Å². The van der Waals surface area contributed by atoms with Gasteiger partial charge in [0.05, 0.1) is 9.82 Å². The first-order valence-electron chi connectivity index (χ1n) is 5.68. The smallest absolute Gasteiger partial charge is 0.282 e. The zero-order chi connectivity index (χ0) is 12.7. The van der Waals surface area contributed by atoms with E-state index >= 15 is 0 Å². The summed E-state index contributed by atoms with van der Waals surface area (Å²) in [6.45, 7) is 2.13. The average Bonchev–Trinajstić information content (AvgIpc) is 2.34. The molecule has 0 aliphatic rings. The van der Waals surface area contributed by atoms with Gasteiger partial charge in [0.2, 0.25) is 0 Å². The van der Waals surface area contributed by atoms with E-state index in [-0.39, 0.29) is 10.6 Å². The molecule has 94 valence electrons. The Balaban J connectivity index is 2.44.